The molecule has 0 amide bonds. The normalized spacial score (nSPS) is 43.3. The van der Waals surface area contributed by atoms with E-state index in [4.69, 9.17) is 0 Å². The van der Waals surface area contributed by atoms with E-state index >= 15 is 0 Å². The smallest absolute Gasteiger partial charge is 0.142 e. The van der Waals surface area contributed by atoms with Crippen molar-refractivity contribution in [2.24, 2.45) is 22.7 Å². The molecular formula is C14H22O. The van der Waals surface area contributed by atoms with Crippen LogP contribution >= 0.6 is 0 Å². The van der Waals surface area contributed by atoms with E-state index in [-0.39, 0.29) is 0 Å². The average Bonchev–Trinajstić information content (AvgIpc) is 2.49. The number of hydrogen-bond donors (Lipinski definition) is 0. The minimum absolute atomic E-state index is 0.418. The lowest BCUT2D eigenvalue weighted by Gasteiger charge is -2.39. The van der Waals surface area contributed by atoms with Gasteiger partial charge >= 0.3 is 0 Å². The Morgan fingerprint density at radius 2 is 2.00 bits per heavy atom. The predicted octanol–water partition coefficient (Wildman–Crippen LogP) is 3.59. The van der Waals surface area contributed by atoms with Crippen LogP contribution in [-0.4, -0.2) is 6.29 Å². The van der Waals surface area contributed by atoms with Crippen molar-refractivity contribution in [2.75, 3.05) is 0 Å². The minimum Gasteiger partial charge on any atom is -0.299 e. The summed E-state index contributed by atoms with van der Waals surface area (Å²) in [6.45, 7) is 9.38. The number of carbonyl (C=O) groups excluding carboxylic acids is 1. The standard InChI is InChI=1S/C14H22O/c1-10(6-8-15)12-9-11-5-7-14(12,4)13(11,2)3/h6,8,11-12H,5,7,9H2,1-4H3/t11-,12?,14-/m1/s1. The van der Waals surface area contributed by atoms with Crippen LogP contribution in [0.5, 0.6) is 0 Å². The summed E-state index contributed by atoms with van der Waals surface area (Å²) < 4.78 is 0. The highest BCUT2D eigenvalue weighted by Crippen LogP contribution is 2.69. The summed E-state index contributed by atoms with van der Waals surface area (Å²) in [5, 5.41) is 0. The lowest BCUT2D eigenvalue weighted by molar-refractivity contribution is -0.104. The average molecular weight is 206 g/mol. The highest BCUT2D eigenvalue weighted by Gasteiger charge is 2.61. The highest BCUT2D eigenvalue weighted by molar-refractivity contribution is 5.66. The predicted molar refractivity (Wildman–Crippen MR) is 62.5 cm³/mol. The fourth-order valence-electron chi connectivity index (χ4n) is 4.12. The second-order valence-corrected chi connectivity index (χ2v) is 6.21. The lowest BCUT2D eigenvalue weighted by atomic mass is 9.65. The minimum atomic E-state index is 0.418. The van der Waals surface area contributed by atoms with Crippen LogP contribution in [0.3, 0.4) is 0 Å². The van der Waals surface area contributed by atoms with Gasteiger partial charge in [0.05, 0.1) is 0 Å². The first-order valence-corrected chi connectivity index (χ1v) is 6.05. The van der Waals surface area contributed by atoms with Crippen molar-refractivity contribution in [3.8, 4) is 0 Å². The third kappa shape index (κ3) is 1.25. The third-order valence-corrected chi connectivity index (χ3v) is 5.67. The Bertz CT molecular complexity index is 313. The zero-order valence-corrected chi connectivity index (χ0v) is 10.3. The van der Waals surface area contributed by atoms with E-state index < -0.39 is 0 Å². The summed E-state index contributed by atoms with van der Waals surface area (Å²) in [4.78, 5) is 10.6. The van der Waals surface area contributed by atoms with Crippen LogP contribution in [0.4, 0.5) is 0 Å². The lowest BCUT2D eigenvalue weighted by Crippen LogP contribution is -2.32. The molecular weight excluding hydrogens is 184 g/mol. The van der Waals surface area contributed by atoms with Gasteiger partial charge in [0.1, 0.15) is 6.29 Å². The summed E-state index contributed by atoms with van der Waals surface area (Å²) in [6, 6.07) is 0. The molecule has 0 spiro atoms. The largest absolute Gasteiger partial charge is 0.299 e. The van der Waals surface area contributed by atoms with E-state index in [1.165, 1.54) is 24.8 Å². The molecule has 3 atom stereocenters. The molecule has 15 heavy (non-hydrogen) atoms. The molecule has 2 aliphatic rings. The summed E-state index contributed by atoms with van der Waals surface area (Å²) in [5.74, 6) is 1.50. The van der Waals surface area contributed by atoms with Crippen LogP contribution in [0.1, 0.15) is 47.0 Å². The van der Waals surface area contributed by atoms with Crippen molar-refractivity contribution >= 4 is 6.29 Å². The summed E-state index contributed by atoms with van der Waals surface area (Å²) in [7, 11) is 0. The molecule has 0 saturated heterocycles. The number of aldehydes is 1. The van der Waals surface area contributed by atoms with Gasteiger partial charge in [-0.15, -0.1) is 0 Å². The molecule has 1 nitrogen and oxygen atoms in total. The first-order chi connectivity index (χ1) is 6.93. The van der Waals surface area contributed by atoms with E-state index in [0.717, 1.165) is 12.2 Å². The fourth-order valence-corrected chi connectivity index (χ4v) is 4.12. The number of carbonyl (C=O) groups is 1. The van der Waals surface area contributed by atoms with Gasteiger partial charge in [-0.25, -0.2) is 0 Å². The van der Waals surface area contributed by atoms with Gasteiger partial charge in [-0.3, -0.25) is 4.79 Å². The number of hydrogen-bond acceptors (Lipinski definition) is 1. The molecule has 0 aromatic carbocycles. The highest BCUT2D eigenvalue weighted by atomic mass is 16.1. The van der Waals surface area contributed by atoms with Gasteiger partial charge in [0.2, 0.25) is 0 Å². The van der Waals surface area contributed by atoms with Crippen LogP contribution in [0.25, 0.3) is 0 Å². The fraction of sp³-hybridized carbons (Fsp3) is 0.786. The van der Waals surface area contributed by atoms with Gasteiger partial charge in [-0.05, 0) is 54.9 Å². The summed E-state index contributed by atoms with van der Waals surface area (Å²) in [6.07, 6.45) is 6.72. The Kier molecular flexibility index (Phi) is 2.33. The second kappa shape index (κ2) is 3.20. The molecule has 2 aliphatic carbocycles. The first-order valence-electron chi connectivity index (χ1n) is 6.05. The number of rotatable bonds is 2. The van der Waals surface area contributed by atoms with Gasteiger partial charge in [0.25, 0.3) is 0 Å². The van der Waals surface area contributed by atoms with Crippen molar-refractivity contribution in [3.63, 3.8) is 0 Å². The number of fused-ring (bicyclic) bond motifs is 2. The molecule has 1 unspecified atom stereocenters. The van der Waals surface area contributed by atoms with Crippen LogP contribution in [0.2, 0.25) is 0 Å². The van der Waals surface area contributed by atoms with Crippen molar-refractivity contribution in [2.45, 2.75) is 47.0 Å². The van der Waals surface area contributed by atoms with E-state index in [9.17, 15) is 4.79 Å². The molecule has 0 aromatic heterocycles. The van der Waals surface area contributed by atoms with Crippen LogP contribution in [0.15, 0.2) is 11.6 Å². The molecule has 0 aliphatic heterocycles. The molecule has 2 saturated carbocycles. The van der Waals surface area contributed by atoms with Gasteiger partial charge in [-0.1, -0.05) is 26.3 Å². The van der Waals surface area contributed by atoms with Crippen molar-refractivity contribution < 1.29 is 4.79 Å². The topological polar surface area (TPSA) is 17.1 Å². The molecule has 2 rings (SSSR count). The molecule has 0 aromatic rings. The van der Waals surface area contributed by atoms with Gasteiger partial charge in [0.15, 0.2) is 0 Å². The van der Waals surface area contributed by atoms with E-state index in [0.29, 0.717) is 16.7 Å². The Labute approximate surface area is 92.9 Å². The molecule has 2 fully saturated rings. The van der Waals surface area contributed by atoms with Gasteiger partial charge in [0, 0.05) is 0 Å². The third-order valence-electron chi connectivity index (χ3n) is 5.67. The van der Waals surface area contributed by atoms with Crippen LogP contribution < -0.4 is 0 Å². The van der Waals surface area contributed by atoms with Crippen LogP contribution in [0, 0.1) is 22.7 Å². The quantitative estimate of drug-likeness (QED) is 0.498. The van der Waals surface area contributed by atoms with E-state index in [1.54, 1.807) is 6.08 Å². The maximum atomic E-state index is 10.6. The zero-order valence-electron chi connectivity index (χ0n) is 10.3. The Morgan fingerprint density at radius 3 is 2.40 bits per heavy atom. The molecule has 1 heteroatoms. The van der Waals surface area contributed by atoms with Crippen molar-refractivity contribution in [3.05, 3.63) is 11.6 Å². The van der Waals surface area contributed by atoms with Crippen molar-refractivity contribution in [1.82, 2.24) is 0 Å². The van der Waals surface area contributed by atoms with E-state index in [1.807, 2.05) is 0 Å². The van der Waals surface area contributed by atoms with Crippen LogP contribution in [-0.2, 0) is 4.79 Å². The zero-order chi connectivity index (χ0) is 11.3. The van der Waals surface area contributed by atoms with Crippen molar-refractivity contribution in [1.29, 1.82) is 0 Å². The maximum absolute atomic E-state index is 10.6. The summed E-state index contributed by atoms with van der Waals surface area (Å²) in [5.41, 5.74) is 2.17. The SMILES string of the molecule is CC(=CC=O)C1C[C@H]2CC[C@@]1(C)C2(C)C. The van der Waals surface area contributed by atoms with Gasteiger partial charge in [-0.2, -0.15) is 0 Å². The van der Waals surface area contributed by atoms with E-state index in [2.05, 4.69) is 27.7 Å². The summed E-state index contributed by atoms with van der Waals surface area (Å²) >= 11 is 0. The Morgan fingerprint density at radius 1 is 1.33 bits per heavy atom. The second-order valence-electron chi connectivity index (χ2n) is 6.21. The molecule has 2 bridgehead atoms. The molecule has 0 radical (unpaired) electrons. The Hall–Kier alpha value is -0.590. The first kappa shape index (κ1) is 10.9. The number of allylic oxidation sites excluding steroid dienone is 2. The molecule has 0 heterocycles. The Balaban J connectivity index is 2.34. The maximum Gasteiger partial charge on any atom is 0.142 e. The monoisotopic (exact) mass is 206 g/mol. The molecule has 84 valence electrons. The molecule has 0 N–H and O–H groups in total. The van der Waals surface area contributed by atoms with Gasteiger partial charge < -0.3 is 0 Å².